The maximum atomic E-state index is 12.6. The summed E-state index contributed by atoms with van der Waals surface area (Å²) in [7, 11) is 1.57. The minimum Gasteiger partial charge on any atom is -0.497 e. The molecule has 0 aliphatic carbocycles. The normalized spacial score (nSPS) is 12.0. The standard InChI is InChI=1S/C14H20N2O5S/c1-9-5-11(21-4)6-10(2)14(9)22(20)16(3)8-12(17)15-7-13(18)19/h5-6H,7-8H2,1-4H3,(H,15,17)(H,18,19). The second kappa shape index (κ2) is 7.90. The van der Waals surface area contributed by atoms with Crippen molar-refractivity contribution < 1.29 is 23.6 Å². The molecule has 122 valence electrons. The van der Waals surface area contributed by atoms with Crippen molar-refractivity contribution in [1.82, 2.24) is 9.62 Å². The molecule has 1 aromatic rings. The lowest BCUT2D eigenvalue weighted by atomic mass is 10.1. The molecule has 1 amide bonds. The van der Waals surface area contributed by atoms with Gasteiger partial charge in [0.2, 0.25) is 5.91 Å². The number of aryl methyl sites for hydroxylation is 2. The number of nitrogens with one attached hydrogen (secondary N) is 1. The molecule has 0 aromatic heterocycles. The number of aliphatic carboxylic acids is 1. The quantitative estimate of drug-likeness (QED) is 0.758. The van der Waals surface area contributed by atoms with Crippen molar-refractivity contribution in [2.24, 2.45) is 0 Å². The fraction of sp³-hybridized carbons (Fsp3) is 0.429. The van der Waals surface area contributed by atoms with Gasteiger partial charge < -0.3 is 15.2 Å². The monoisotopic (exact) mass is 328 g/mol. The van der Waals surface area contributed by atoms with Crippen LogP contribution >= 0.6 is 0 Å². The van der Waals surface area contributed by atoms with Gasteiger partial charge in [-0.3, -0.25) is 9.59 Å². The summed E-state index contributed by atoms with van der Waals surface area (Å²) in [5.74, 6) is -0.946. The molecule has 0 spiro atoms. The van der Waals surface area contributed by atoms with Crippen LogP contribution in [0.4, 0.5) is 0 Å². The van der Waals surface area contributed by atoms with Crippen molar-refractivity contribution >= 4 is 22.9 Å². The second-order valence-corrected chi connectivity index (χ2v) is 6.33. The number of ether oxygens (including phenoxy) is 1. The summed E-state index contributed by atoms with van der Waals surface area (Å²) in [6.45, 7) is 3.02. The predicted octanol–water partition coefficient (Wildman–Crippen LogP) is 0.467. The Balaban J connectivity index is 2.83. The molecular formula is C14H20N2O5S. The Morgan fingerprint density at radius 3 is 2.32 bits per heavy atom. The smallest absolute Gasteiger partial charge is 0.322 e. The van der Waals surface area contributed by atoms with Crippen LogP contribution in [0.25, 0.3) is 0 Å². The highest BCUT2D eigenvalue weighted by molar-refractivity contribution is 7.82. The van der Waals surface area contributed by atoms with E-state index >= 15 is 0 Å². The average Bonchev–Trinajstić information content (AvgIpc) is 2.43. The van der Waals surface area contributed by atoms with E-state index in [-0.39, 0.29) is 6.54 Å². The molecule has 8 heteroatoms. The number of nitrogens with zero attached hydrogens (tertiary/aromatic N) is 1. The molecule has 0 bridgehead atoms. The third-order valence-electron chi connectivity index (χ3n) is 2.93. The third kappa shape index (κ3) is 4.81. The third-order valence-corrected chi connectivity index (χ3v) is 4.62. The summed E-state index contributed by atoms with van der Waals surface area (Å²) in [5.41, 5.74) is 1.60. The molecule has 0 fully saturated rings. The van der Waals surface area contributed by atoms with Gasteiger partial charge in [-0.05, 0) is 37.1 Å². The van der Waals surface area contributed by atoms with Crippen LogP contribution in [0.2, 0.25) is 0 Å². The summed E-state index contributed by atoms with van der Waals surface area (Å²) in [6.07, 6.45) is 0. The number of hydrogen-bond donors (Lipinski definition) is 2. The first-order valence-electron chi connectivity index (χ1n) is 6.53. The van der Waals surface area contributed by atoms with Gasteiger partial charge in [-0.2, -0.15) is 0 Å². The van der Waals surface area contributed by atoms with E-state index in [4.69, 9.17) is 9.84 Å². The predicted molar refractivity (Wildman–Crippen MR) is 82.2 cm³/mol. The first kappa shape index (κ1) is 18.1. The van der Waals surface area contributed by atoms with Crippen LogP contribution in [-0.4, -0.2) is 52.7 Å². The van der Waals surface area contributed by atoms with E-state index in [0.29, 0.717) is 10.6 Å². The Labute approximate surface area is 131 Å². The van der Waals surface area contributed by atoms with Crippen LogP contribution in [0.3, 0.4) is 0 Å². The van der Waals surface area contributed by atoms with E-state index < -0.39 is 29.4 Å². The van der Waals surface area contributed by atoms with Gasteiger partial charge in [0.05, 0.1) is 18.6 Å². The number of rotatable bonds is 7. The van der Waals surface area contributed by atoms with Gasteiger partial charge in [-0.25, -0.2) is 8.51 Å². The number of carboxylic acid groups (broad SMARTS) is 1. The van der Waals surface area contributed by atoms with Crippen LogP contribution in [0.15, 0.2) is 17.0 Å². The van der Waals surface area contributed by atoms with Gasteiger partial charge in [0.1, 0.15) is 23.3 Å². The molecule has 0 heterocycles. The number of carbonyl (C=O) groups is 2. The lowest BCUT2D eigenvalue weighted by Gasteiger charge is -2.18. The molecule has 0 aliphatic heterocycles. The second-order valence-electron chi connectivity index (χ2n) is 4.80. The fourth-order valence-corrected chi connectivity index (χ4v) is 3.17. The summed E-state index contributed by atoms with van der Waals surface area (Å²) in [4.78, 5) is 22.6. The van der Waals surface area contributed by atoms with Gasteiger partial charge in [-0.15, -0.1) is 0 Å². The van der Waals surface area contributed by atoms with Gasteiger partial charge in [-0.1, -0.05) is 0 Å². The largest absolute Gasteiger partial charge is 0.497 e. The minimum absolute atomic E-state index is 0.162. The van der Waals surface area contributed by atoms with Crippen LogP contribution in [-0.2, 0) is 20.6 Å². The fourth-order valence-electron chi connectivity index (χ4n) is 1.95. The summed E-state index contributed by atoms with van der Waals surface area (Å²) in [6, 6.07) is 3.55. The lowest BCUT2D eigenvalue weighted by Crippen LogP contribution is -2.38. The maximum absolute atomic E-state index is 12.6. The molecule has 1 unspecified atom stereocenters. The molecule has 1 atom stereocenters. The van der Waals surface area contributed by atoms with Gasteiger partial charge in [0.25, 0.3) is 0 Å². The van der Waals surface area contributed by atoms with Gasteiger partial charge >= 0.3 is 5.97 Å². The molecule has 1 rings (SSSR count). The van der Waals surface area contributed by atoms with Gasteiger partial charge in [0, 0.05) is 7.05 Å². The molecular weight excluding hydrogens is 308 g/mol. The van der Waals surface area contributed by atoms with E-state index in [1.807, 2.05) is 13.8 Å². The van der Waals surface area contributed by atoms with Crippen molar-refractivity contribution in [1.29, 1.82) is 0 Å². The number of methoxy groups -OCH3 is 1. The molecule has 0 radical (unpaired) electrons. The van der Waals surface area contributed by atoms with Crippen molar-refractivity contribution in [2.45, 2.75) is 18.7 Å². The van der Waals surface area contributed by atoms with E-state index in [9.17, 15) is 13.8 Å². The molecule has 22 heavy (non-hydrogen) atoms. The van der Waals surface area contributed by atoms with Crippen molar-refractivity contribution in [3.8, 4) is 5.75 Å². The Bertz CT molecular complexity index is 580. The van der Waals surface area contributed by atoms with Crippen molar-refractivity contribution in [3.63, 3.8) is 0 Å². The highest BCUT2D eigenvalue weighted by Gasteiger charge is 2.19. The molecule has 1 aromatic carbocycles. The van der Waals surface area contributed by atoms with Crippen molar-refractivity contribution in [2.75, 3.05) is 27.2 Å². The number of carboxylic acids is 1. The lowest BCUT2D eigenvalue weighted by molar-refractivity contribution is -0.137. The Hall–Kier alpha value is -1.93. The van der Waals surface area contributed by atoms with Crippen LogP contribution in [0, 0.1) is 13.8 Å². The number of carbonyl (C=O) groups excluding carboxylic acids is 1. The van der Waals surface area contributed by atoms with E-state index in [1.165, 1.54) is 4.31 Å². The highest BCUT2D eigenvalue weighted by atomic mass is 32.2. The van der Waals surface area contributed by atoms with Crippen LogP contribution in [0.5, 0.6) is 5.75 Å². The first-order chi connectivity index (χ1) is 10.3. The zero-order valence-corrected chi connectivity index (χ0v) is 13.8. The zero-order chi connectivity index (χ0) is 16.9. The van der Waals surface area contributed by atoms with E-state index in [0.717, 1.165) is 11.1 Å². The SMILES string of the molecule is COc1cc(C)c(S(=O)N(C)CC(=O)NCC(=O)O)c(C)c1. The van der Waals surface area contributed by atoms with Crippen LogP contribution in [0.1, 0.15) is 11.1 Å². The number of likely N-dealkylation sites (N-methyl/N-ethyl adjacent to an activating group) is 1. The average molecular weight is 328 g/mol. The first-order valence-corrected chi connectivity index (χ1v) is 7.63. The van der Waals surface area contributed by atoms with Crippen molar-refractivity contribution in [3.05, 3.63) is 23.3 Å². The van der Waals surface area contributed by atoms with Gasteiger partial charge in [0.15, 0.2) is 0 Å². The summed E-state index contributed by atoms with van der Waals surface area (Å²) < 4.78 is 19.1. The summed E-state index contributed by atoms with van der Waals surface area (Å²) >= 11 is 0. The van der Waals surface area contributed by atoms with Crippen LogP contribution < -0.4 is 10.1 Å². The van der Waals surface area contributed by atoms with E-state index in [1.54, 1.807) is 26.3 Å². The Morgan fingerprint density at radius 1 is 1.32 bits per heavy atom. The Morgan fingerprint density at radius 2 is 1.86 bits per heavy atom. The molecule has 0 aliphatic rings. The maximum Gasteiger partial charge on any atom is 0.322 e. The molecule has 0 saturated heterocycles. The molecule has 2 N–H and O–H groups in total. The number of benzene rings is 1. The topological polar surface area (TPSA) is 95.9 Å². The number of amides is 1. The van der Waals surface area contributed by atoms with E-state index in [2.05, 4.69) is 5.32 Å². The molecule has 0 saturated carbocycles. The zero-order valence-electron chi connectivity index (χ0n) is 13.0. The minimum atomic E-state index is -1.53. The molecule has 7 nitrogen and oxygen atoms in total. The Kier molecular flexibility index (Phi) is 6.51. The highest BCUT2D eigenvalue weighted by Crippen LogP contribution is 2.25. The number of hydrogen-bond acceptors (Lipinski definition) is 4. The summed E-state index contributed by atoms with van der Waals surface area (Å²) in [5, 5.41) is 10.7.